The Hall–Kier alpha value is -0.960. The number of rotatable bonds is 8. The summed E-state index contributed by atoms with van der Waals surface area (Å²) >= 11 is 3.36. The highest BCUT2D eigenvalue weighted by Gasteiger charge is 2.31. The van der Waals surface area contributed by atoms with Gasteiger partial charge in [0.2, 0.25) is 15.9 Å². The Balaban J connectivity index is 1.83. The van der Waals surface area contributed by atoms with Crippen molar-refractivity contribution >= 4 is 31.9 Å². The Morgan fingerprint density at radius 1 is 1.36 bits per heavy atom. The summed E-state index contributed by atoms with van der Waals surface area (Å²) < 4.78 is 32.5. The average Bonchev–Trinajstić information content (AvgIpc) is 2.58. The highest BCUT2D eigenvalue weighted by molar-refractivity contribution is 9.10. The van der Waals surface area contributed by atoms with Gasteiger partial charge in [-0.05, 0) is 37.0 Å². The third-order valence-corrected chi connectivity index (χ3v) is 6.62. The highest BCUT2D eigenvalue weighted by atomic mass is 79.9. The van der Waals surface area contributed by atoms with Gasteiger partial charge in [0, 0.05) is 43.7 Å². The molecule has 1 N–H and O–H groups in total. The molecule has 0 aliphatic carbocycles. The number of amides is 1. The molecule has 1 heterocycles. The SMILES string of the molecule is COCCCNC(=O)C1CCN(S(=O)(=O)Cc2cccc(Br)c2)CC1. The number of halogens is 1. The Morgan fingerprint density at radius 2 is 2.08 bits per heavy atom. The lowest BCUT2D eigenvalue weighted by Crippen LogP contribution is -2.43. The predicted molar refractivity (Wildman–Crippen MR) is 101 cm³/mol. The van der Waals surface area contributed by atoms with Gasteiger partial charge in [0.1, 0.15) is 0 Å². The van der Waals surface area contributed by atoms with Gasteiger partial charge in [-0.1, -0.05) is 28.1 Å². The first-order valence-electron chi connectivity index (χ1n) is 8.41. The molecule has 0 unspecified atom stereocenters. The van der Waals surface area contributed by atoms with Crippen molar-refractivity contribution in [3.05, 3.63) is 34.3 Å². The van der Waals surface area contributed by atoms with Crippen LogP contribution in [0.5, 0.6) is 0 Å². The summed E-state index contributed by atoms with van der Waals surface area (Å²) in [5.74, 6) is -0.111. The van der Waals surface area contributed by atoms with Crippen LogP contribution in [0.3, 0.4) is 0 Å². The smallest absolute Gasteiger partial charge is 0.223 e. The maximum atomic E-state index is 12.6. The minimum Gasteiger partial charge on any atom is -0.385 e. The predicted octanol–water partition coefficient (Wildman–Crippen LogP) is 2.14. The first-order valence-corrected chi connectivity index (χ1v) is 10.8. The minimum absolute atomic E-state index is 0.0136. The maximum Gasteiger partial charge on any atom is 0.223 e. The second-order valence-electron chi connectivity index (χ2n) is 6.20. The van der Waals surface area contributed by atoms with E-state index in [-0.39, 0.29) is 17.6 Å². The monoisotopic (exact) mass is 432 g/mol. The molecule has 1 aliphatic rings. The van der Waals surface area contributed by atoms with E-state index in [4.69, 9.17) is 4.74 Å². The summed E-state index contributed by atoms with van der Waals surface area (Å²) in [7, 11) is -1.73. The molecule has 140 valence electrons. The first kappa shape index (κ1) is 20.4. The molecule has 0 atom stereocenters. The zero-order chi connectivity index (χ0) is 18.3. The summed E-state index contributed by atoms with van der Waals surface area (Å²) in [4.78, 5) is 12.1. The molecule has 0 spiro atoms. The van der Waals surface area contributed by atoms with Crippen LogP contribution in [0, 0.1) is 5.92 Å². The second-order valence-corrected chi connectivity index (χ2v) is 9.08. The van der Waals surface area contributed by atoms with Crippen molar-refractivity contribution in [2.24, 2.45) is 5.92 Å². The number of nitrogens with zero attached hydrogens (tertiary/aromatic N) is 1. The average molecular weight is 433 g/mol. The van der Waals surface area contributed by atoms with E-state index in [1.54, 1.807) is 7.11 Å². The van der Waals surface area contributed by atoms with Crippen LogP contribution in [0.2, 0.25) is 0 Å². The number of carbonyl (C=O) groups is 1. The third kappa shape index (κ3) is 6.36. The van der Waals surface area contributed by atoms with Gasteiger partial charge in [0.25, 0.3) is 0 Å². The van der Waals surface area contributed by atoms with Crippen molar-refractivity contribution in [1.82, 2.24) is 9.62 Å². The molecule has 0 saturated carbocycles. The molecular weight excluding hydrogens is 408 g/mol. The van der Waals surface area contributed by atoms with Gasteiger partial charge in [-0.25, -0.2) is 12.7 Å². The number of nitrogens with one attached hydrogen (secondary N) is 1. The number of piperidine rings is 1. The molecule has 6 nitrogen and oxygen atoms in total. The topological polar surface area (TPSA) is 75.7 Å². The van der Waals surface area contributed by atoms with Gasteiger partial charge in [-0.3, -0.25) is 4.79 Å². The van der Waals surface area contributed by atoms with Crippen LogP contribution in [0.15, 0.2) is 28.7 Å². The lowest BCUT2D eigenvalue weighted by atomic mass is 9.97. The molecule has 0 bridgehead atoms. The van der Waals surface area contributed by atoms with Crippen LogP contribution < -0.4 is 5.32 Å². The summed E-state index contributed by atoms with van der Waals surface area (Å²) in [6, 6.07) is 7.32. The number of hydrogen-bond donors (Lipinski definition) is 1. The van der Waals surface area contributed by atoms with Crippen LogP contribution in [-0.2, 0) is 25.3 Å². The highest BCUT2D eigenvalue weighted by Crippen LogP contribution is 2.22. The van der Waals surface area contributed by atoms with E-state index in [0.717, 1.165) is 16.5 Å². The van der Waals surface area contributed by atoms with E-state index in [1.165, 1.54) is 4.31 Å². The van der Waals surface area contributed by atoms with Crippen LogP contribution in [-0.4, -0.2) is 52.0 Å². The van der Waals surface area contributed by atoms with E-state index in [0.29, 0.717) is 39.1 Å². The van der Waals surface area contributed by atoms with Crippen molar-refractivity contribution in [3.63, 3.8) is 0 Å². The van der Waals surface area contributed by atoms with Crippen molar-refractivity contribution in [2.75, 3.05) is 33.4 Å². The fraction of sp³-hybridized carbons (Fsp3) is 0.588. The van der Waals surface area contributed by atoms with E-state index < -0.39 is 10.0 Å². The number of sulfonamides is 1. The molecule has 1 aromatic carbocycles. The summed E-state index contributed by atoms with van der Waals surface area (Å²) in [5.41, 5.74) is 0.757. The van der Waals surface area contributed by atoms with Gasteiger partial charge in [0.15, 0.2) is 0 Å². The lowest BCUT2D eigenvalue weighted by Gasteiger charge is -2.30. The molecule has 8 heteroatoms. The quantitative estimate of drug-likeness (QED) is 0.638. The molecular formula is C17H25BrN2O4S. The van der Waals surface area contributed by atoms with E-state index in [2.05, 4.69) is 21.2 Å². The summed E-state index contributed by atoms with van der Waals surface area (Å²) in [6.07, 6.45) is 1.91. The fourth-order valence-corrected chi connectivity index (χ4v) is 4.89. The van der Waals surface area contributed by atoms with E-state index in [1.807, 2.05) is 24.3 Å². The van der Waals surface area contributed by atoms with Crippen LogP contribution >= 0.6 is 15.9 Å². The van der Waals surface area contributed by atoms with Crippen molar-refractivity contribution in [1.29, 1.82) is 0 Å². The lowest BCUT2D eigenvalue weighted by molar-refractivity contribution is -0.126. The third-order valence-electron chi connectivity index (χ3n) is 4.28. The molecule has 1 amide bonds. The Morgan fingerprint density at radius 3 is 2.72 bits per heavy atom. The van der Waals surface area contributed by atoms with Crippen LogP contribution in [0.1, 0.15) is 24.8 Å². The normalized spacial score (nSPS) is 16.7. The number of hydrogen-bond acceptors (Lipinski definition) is 4. The number of carbonyl (C=O) groups excluding carboxylic acids is 1. The Bertz CT molecular complexity index is 673. The fourth-order valence-electron chi connectivity index (χ4n) is 2.90. The molecule has 1 aliphatic heterocycles. The zero-order valence-electron chi connectivity index (χ0n) is 14.4. The molecule has 0 radical (unpaired) electrons. The summed E-state index contributed by atoms with van der Waals surface area (Å²) in [6.45, 7) is 2.00. The van der Waals surface area contributed by atoms with Gasteiger partial charge in [0.05, 0.1) is 5.75 Å². The largest absolute Gasteiger partial charge is 0.385 e. The number of methoxy groups -OCH3 is 1. The zero-order valence-corrected chi connectivity index (χ0v) is 16.8. The standard InChI is InChI=1S/C17H25BrN2O4S/c1-24-11-3-8-19-17(21)15-6-9-20(10-7-15)25(22,23)13-14-4-2-5-16(18)12-14/h2,4-5,12,15H,3,6-11,13H2,1H3,(H,19,21). The second kappa shape index (κ2) is 9.66. The first-order chi connectivity index (χ1) is 11.9. The van der Waals surface area contributed by atoms with Gasteiger partial charge in [-0.15, -0.1) is 0 Å². The van der Waals surface area contributed by atoms with Crippen molar-refractivity contribution in [3.8, 4) is 0 Å². The minimum atomic E-state index is -3.36. The number of benzene rings is 1. The van der Waals surface area contributed by atoms with E-state index >= 15 is 0 Å². The molecule has 1 fully saturated rings. The molecule has 1 aromatic rings. The Labute approximate surface area is 158 Å². The maximum absolute atomic E-state index is 12.6. The van der Waals surface area contributed by atoms with E-state index in [9.17, 15) is 13.2 Å². The van der Waals surface area contributed by atoms with Crippen LogP contribution in [0.25, 0.3) is 0 Å². The van der Waals surface area contributed by atoms with Gasteiger partial charge < -0.3 is 10.1 Å². The van der Waals surface area contributed by atoms with Gasteiger partial charge >= 0.3 is 0 Å². The van der Waals surface area contributed by atoms with Crippen molar-refractivity contribution in [2.45, 2.75) is 25.0 Å². The molecule has 2 rings (SSSR count). The molecule has 1 saturated heterocycles. The van der Waals surface area contributed by atoms with Crippen LogP contribution in [0.4, 0.5) is 0 Å². The molecule has 25 heavy (non-hydrogen) atoms. The number of ether oxygens (including phenoxy) is 1. The summed E-state index contributed by atoms with van der Waals surface area (Å²) in [5, 5.41) is 2.89. The molecule has 0 aromatic heterocycles. The van der Waals surface area contributed by atoms with Gasteiger partial charge in [-0.2, -0.15) is 0 Å². The van der Waals surface area contributed by atoms with Crippen molar-refractivity contribution < 1.29 is 17.9 Å². The Kier molecular flexibility index (Phi) is 7.86.